The van der Waals surface area contributed by atoms with Crippen molar-refractivity contribution in [3.8, 4) is 0 Å². The average Bonchev–Trinajstić information content (AvgIpc) is 2.47. The first kappa shape index (κ1) is 16.9. The van der Waals surface area contributed by atoms with Crippen molar-refractivity contribution in [2.75, 3.05) is 13.1 Å². The maximum atomic E-state index is 12.6. The van der Waals surface area contributed by atoms with E-state index in [4.69, 9.17) is 0 Å². The van der Waals surface area contributed by atoms with Gasteiger partial charge in [0.2, 0.25) is 0 Å². The zero-order chi connectivity index (χ0) is 16.2. The van der Waals surface area contributed by atoms with Crippen LogP contribution < -0.4 is 5.32 Å². The summed E-state index contributed by atoms with van der Waals surface area (Å²) >= 11 is 0. The predicted octanol–water partition coefficient (Wildman–Crippen LogP) is 4.61. The average molecular weight is 302 g/mol. The second kappa shape index (κ2) is 7.17. The molecule has 1 aliphatic heterocycles. The second-order valence-corrected chi connectivity index (χ2v) is 7.85. The zero-order valence-corrected chi connectivity index (χ0v) is 14.4. The number of amides is 2. The Kier molecular flexibility index (Phi) is 5.49. The van der Waals surface area contributed by atoms with E-state index in [9.17, 15) is 4.79 Å². The molecule has 0 spiro atoms. The van der Waals surface area contributed by atoms with Crippen LogP contribution >= 0.6 is 0 Å². The molecule has 22 heavy (non-hydrogen) atoms. The van der Waals surface area contributed by atoms with Crippen LogP contribution in [0.25, 0.3) is 0 Å². The van der Waals surface area contributed by atoms with E-state index in [0.29, 0.717) is 0 Å². The number of likely N-dealkylation sites (tertiary alicyclic amines) is 1. The summed E-state index contributed by atoms with van der Waals surface area (Å²) in [5.41, 5.74) is 1.36. The van der Waals surface area contributed by atoms with E-state index >= 15 is 0 Å². The third-order valence-corrected chi connectivity index (χ3v) is 4.39. The summed E-state index contributed by atoms with van der Waals surface area (Å²) in [6.45, 7) is 10.7. The lowest BCUT2D eigenvalue weighted by Crippen LogP contribution is -2.45. The third-order valence-electron chi connectivity index (χ3n) is 4.39. The van der Waals surface area contributed by atoms with Crippen molar-refractivity contribution >= 4 is 6.03 Å². The van der Waals surface area contributed by atoms with Crippen LogP contribution in [-0.2, 0) is 0 Å². The molecule has 1 N–H and O–H groups in total. The summed E-state index contributed by atoms with van der Waals surface area (Å²) in [5.74, 6) is 0.739. The van der Waals surface area contributed by atoms with Crippen molar-refractivity contribution in [2.45, 2.75) is 53.0 Å². The molecule has 122 valence electrons. The number of rotatable bonds is 3. The Balaban J connectivity index is 2.04. The summed E-state index contributed by atoms with van der Waals surface area (Å²) in [5, 5.41) is 3.26. The molecule has 3 heteroatoms. The lowest BCUT2D eigenvalue weighted by Gasteiger charge is -2.33. The maximum absolute atomic E-state index is 12.6. The SMILES string of the molecule is CC1CCN(C(=O)NC(CC(C)(C)C)c2ccccc2)CC1. The first-order valence-corrected chi connectivity index (χ1v) is 8.45. The minimum absolute atomic E-state index is 0.0769. The summed E-state index contributed by atoms with van der Waals surface area (Å²) in [7, 11) is 0. The highest BCUT2D eigenvalue weighted by Gasteiger charge is 2.25. The van der Waals surface area contributed by atoms with Gasteiger partial charge in [0.1, 0.15) is 0 Å². The quantitative estimate of drug-likeness (QED) is 0.869. The molecule has 0 bridgehead atoms. The van der Waals surface area contributed by atoms with E-state index in [2.05, 4.69) is 45.1 Å². The number of piperidine rings is 1. The van der Waals surface area contributed by atoms with E-state index in [1.54, 1.807) is 0 Å². The van der Waals surface area contributed by atoms with Gasteiger partial charge in [0.05, 0.1) is 6.04 Å². The van der Waals surface area contributed by atoms with Crippen molar-refractivity contribution in [3.05, 3.63) is 35.9 Å². The fourth-order valence-electron chi connectivity index (χ4n) is 3.00. The summed E-state index contributed by atoms with van der Waals surface area (Å²) in [4.78, 5) is 14.6. The molecule has 1 heterocycles. The molecular weight excluding hydrogens is 272 g/mol. The molecule has 1 aliphatic rings. The number of urea groups is 1. The summed E-state index contributed by atoms with van der Waals surface area (Å²) < 4.78 is 0. The summed E-state index contributed by atoms with van der Waals surface area (Å²) in [6.07, 6.45) is 3.17. The highest BCUT2D eigenvalue weighted by Crippen LogP contribution is 2.29. The van der Waals surface area contributed by atoms with Gasteiger partial charge in [-0.05, 0) is 36.2 Å². The fourth-order valence-corrected chi connectivity index (χ4v) is 3.00. The monoisotopic (exact) mass is 302 g/mol. The van der Waals surface area contributed by atoms with Gasteiger partial charge in [0.25, 0.3) is 0 Å². The van der Waals surface area contributed by atoms with Crippen LogP contribution in [-0.4, -0.2) is 24.0 Å². The van der Waals surface area contributed by atoms with Crippen molar-refractivity contribution in [2.24, 2.45) is 11.3 Å². The lowest BCUT2D eigenvalue weighted by molar-refractivity contribution is 0.167. The number of nitrogens with one attached hydrogen (secondary N) is 1. The van der Waals surface area contributed by atoms with Crippen LogP contribution in [0.3, 0.4) is 0 Å². The van der Waals surface area contributed by atoms with Crippen LogP contribution in [0.5, 0.6) is 0 Å². The van der Waals surface area contributed by atoms with Gasteiger partial charge in [-0.15, -0.1) is 0 Å². The van der Waals surface area contributed by atoms with Crippen LogP contribution in [0.4, 0.5) is 4.79 Å². The van der Waals surface area contributed by atoms with E-state index in [-0.39, 0.29) is 17.5 Å². The van der Waals surface area contributed by atoms with Crippen LogP contribution in [0, 0.1) is 11.3 Å². The number of hydrogen-bond donors (Lipinski definition) is 1. The number of carbonyl (C=O) groups excluding carboxylic acids is 1. The van der Waals surface area contributed by atoms with Gasteiger partial charge in [-0.1, -0.05) is 58.0 Å². The lowest BCUT2D eigenvalue weighted by atomic mass is 9.85. The van der Waals surface area contributed by atoms with E-state index in [1.807, 2.05) is 23.1 Å². The molecule has 0 aromatic heterocycles. The zero-order valence-electron chi connectivity index (χ0n) is 14.4. The van der Waals surface area contributed by atoms with Crippen LogP contribution in [0.15, 0.2) is 30.3 Å². The van der Waals surface area contributed by atoms with Gasteiger partial charge in [0.15, 0.2) is 0 Å². The van der Waals surface area contributed by atoms with Crippen molar-refractivity contribution < 1.29 is 4.79 Å². The molecular formula is C19H30N2O. The van der Waals surface area contributed by atoms with Crippen molar-refractivity contribution in [1.82, 2.24) is 10.2 Å². The largest absolute Gasteiger partial charge is 0.331 e. The Morgan fingerprint density at radius 2 is 1.82 bits per heavy atom. The van der Waals surface area contributed by atoms with E-state index in [1.165, 1.54) is 5.56 Å². The Morgan fingerprint density at radius 3 is 2.36 bits per heavy atom. The predicted molar refractivity (Wildman–Crippen MR) is 91.8 cm³/mol. The van der Waals surface area contributed by atoms with E-state index < -0.39 is 0 Å². The van der Waals surface area contributed by atoms with Gasteiger partial charge in [-0.2, -0.15) is 0 Å². The molecule has 2 amide bonds. The number of hydrogen-bond acceptors (Lipinski definition) is 1. The van der Waals surface area contributed by atoms with Gasteiger partial charge < -0.3 is 10.2 Å². The molecule has 0 saturated carbocycles. The van der Waals surface area contributed by atoms with Crippen LogP contribution in [0.1, 0.15) is 58.6 Å². The molecule has 1 unspecified atom stereocenters. The maximum Gasteiger partial charge on any atom is 0.317 e. The molecule has 0 radical (unpaired) electrons. The molecule has 1 fully saturated rings. The molecule has 3 nitrogen and oxygen atoms in total. The van der Waals surface area contributed by atoms with Crippen molar-refractivity contribution in [3.63, 3.8) is 0 Å². The molecule has 0 aliphatic carbocycles. The van der Waals surface area contributed by atoms with E-state index in [0.717, 1.165) is 38.3 Å². The van der Waals surface area contributed by atoms with Crippen molar-refractivity contribution in [1.29, 1.82) is 0 Å². The fraction of sp³-hybridized carbons (Fsp3) is 0.632. The Bertz CT molecular complexity index is 470. The number of benzene rings is 1. The minimum Gasteiger partial charge on any atom is -0.331 e. The van der Waals surface area contributed by atoms with Gasteiger partial charge in [-0.3, -0.25) is 0 Å². The second-order valence-electron chi connectivity index (χ2n) is 7.85. The number of carbonyl (C=O) groups is 1. The minimum atomic E-state index is 0.0769. The van der Waals surface area contributed by atoms with Gasteiger partial charge in [0, 0.05) is 13.1 Å². The molecule has 1 aromatic carbocycles. The smallest absolute Gasteiger partial charge is 0.317 e. The number of nitrogens with zero attached hydrogens (tertiary/aromatic N) is 1. The summed E-state index contributed by atoms with van der Waals surface area (Å²) in [6, 6.07) is 10.5. The Morgan fingerprint density at radius 1 is 1.23 bits per heavy atom. The third kappa shape index (κ3) is 5.04. The normalized spacial score (nSPS) is 18.1. The molecule has 1 saturated heterocycles. The van der Waals surface area contributed by atoms with Gasteiger partial charge in [-0.25, -0.2) is 4.79 Å². The van der Waals surface area contributed by atoms with Gasteiger partial charge >= 0.3 is 6.03 Å². The standard InChI is InChI=1S/C19H30N2O/c1-15-10-12-21(13-11-15)18(22)20-17(14-19(2,3)4)16-8-6-5-7-9-16/h5-9,15,17H,10-14H2,1-4H3,(H,20,22). The first-order chi connectivity index (χ1) is 10.3. The first-order valence-electron chi connectivity index (χ1n) is 8.45. The molecule has 1 atom stereocenters. The molecule has 1 aromatic rings. The van der Waals surface area contributed by atoms with Crippen LogP contribution in [0.2, 0.25) is 0 Å². The Labute approximate surface area is 135 Å². The molecule has 2 rings (SSSR count). The highest BCUT2D eigenvalue weighted by molar-refractivity contribution is 5.74. The topological polar surface area (TPSA) is 32.3 Å². The Hall–Kier alpha value is -1.51. The highest BCUT2D eigenvalue weighted by atomic mass is 16.2.